The summed E-state index contributed by atoms with van der Waals surface area (Å²) < 4.78 is 0. The molecular weight excluding hydrogens is 210 g/mol. The van der Waals surface area contributed by atoms with Crippen LogP contribution < -0.4 is 5.32 Å². The summed E-state index contributed by atoms with van der Waals surface area (Å²) in [4.78, 5) is 0. The van der Waals surface area contributed by atoms with Crippen molar-refractivity contribution in [2.75, 3.05) is 13.1 Å². The second-order valence-electron chi connectivity index (χ2n) is 4.45. The van der Waals surface area contributed by atoms with Crippen LogP contribution in [0, 0.1) is 0 Å². The minimum absolute atomic E-state index is 0.189. The van der Waals surface area contributed by atoms with Crippen LogP contribution in [0.1, 0.15) is 52.4 Å². The quantitative estimate of drug-likeness (QED) is 0.428. The van der Waals surface area contributed by atoms with Crippen LogP contribution in [-0.2, 0) is 0 Å². The predicted octanol–water partition coefficient (Wildman–Crippen LogP) is 3.43. The molecule has 0 saturated heterocycles. The maximum absolute atomic E-state index is 9.65. The average Bonchev–Trinajstić information content (AvgIpc) is 2.33. The van der Waals surface area contributed by atoms with Crippen LogP contribution in [-0.4, -0.2) is 24.3 Å². The van der Waals surface area contributed by atoms with Gasteiger partial charge in [0, 0.05) is 13.1 Å². The molecule has 0 spiro atoms. The Balaban J connectivity index is 3.31. The van der Waals surface area contributed by atoms with Crippen molar-refractivity contribution < 1.29 is 5.11 Å². The summed E-state index contributed by atoms with van der Waals surface area (Å²) in [6, 6.07) is 0. The van der Waals surface area contributed by atoms with Gasteiger partial charge in [-0.05, 0) is 12.8 Å². The first kappa shape index (κ1) is 16.4. The number of aliphatic hydroxyl groups is 1. The lowest BCUT2D eigenvalue weighted by atomic mass is 10.1. The van der Waals surface area contributed by atoms with Crippen LogP contribution in [0.3, 0.4) is 0 Å². The van der Waals surface area contributed by atoms with Gasteiger partial charge in [-0.1, -0.05) is 63.8 Å². The lowest BCUT2D eigenvalue weighted by molar-refractivity contribution is 0.159. The first-order chi connectivity index (χ1) is 8.31. The summed E-state index contributed by atoms with van der Waals surface area (Å²) in [5, 5.41) is 12.9. The summed E-state index contributed by atoms with van der Waals surface area (Å²) >= 11 is 0. The first-order valence-corrected chi connectivity index (χ1v) is 7.01. The van der Waals surface area contributed by atoms with Gasteiger partial charge in [-0.2, -0.15) is 0 Å². The molecule has 0 bridgehead atoms. The molecule has 2 heteroatoms. The minimum Gasteiger partial charge on any atom is -0.392 e. The molecule has 0 aliphatic carbocycles. The Kier molecular flexibility index (Phi) is 13.0. The van der Waals surface area contributed by atoms with E-state index in [1.807, 2.05) is 0 Å². The van der Waals surface area contributed by atoms with Crippen LogP contribution >= 0.6 is 0 Å². The Morgan fingerprint density at radius 3 is 2.53 bits per heavy atom. The molecule has 0 amide bonds. The average molecular weight is 239 g/mol. The molecule has 17 heavy (non-hydrogen) atoms. The highest BCUT2D eigenvalue weighted by Crippen LogP contribution is 2.02. The van der Waals surface area contributed by atoms with Crippen LogP contribution in [0.25, 0.3) is 0 Å². The molecule has 2 N–H and O–H groups in total. The molecule has 0 aliphatic rings. The standard InChI is InChI=1S/C15H29NO/c1-3-5-7-8-9-11-13-16-14-15(17)12-10-6-4-2/h7-9,11,15-17H,3-6,10,12-14H2,1-2H3/b8-7+,11-9+. The van der Waals surface area contributed by atoms with Crippen molar-refractivity contribution in [2.24, 2.45) is 0 Å². The van der Waals surface area contributed by atoms with E-state index in [1.54, 1.807) is 0 Å². The topological polar surface area (TPSA) is 32.3 Å². The minimum atomic E-state index is -0.189. The maximum atomic E-state index is 9.65. The maximum Gasteiger partial charge on any atom is 0.0664 e. The Morgan fingerprint density at radius 1 is 1.06 bits per heavy atom. The summed E-state index contributed by atoms with van der Waals surface area (Å²) in [5.41, 5.74) is 0. The number of unbranched alkanes of at least 4 members (excludes halogenated alkanes) is 3. The molecule has 2 nitrogen and oxygen atoms in total. The molecule has 0 heterocycles. The van der Waals surface area contributed by atoms with Gasteiger partial charge in [-0.25, -0.2) is 0 Å². The third-order valence-corrected chi connectivity index (χ3v) is 2.62. The van der Waals surface area contributed by atoms with Gasteiger partial charge in [-0.15, -0.1) is 0 Å². The molecule has 0 saturated carbocycles. The van der Waals surface area contributed by atoms with Crippen molar-refractivity contribution in [1.29, 1.82) is 0 Å². The zero-order valence-corrected chi connectivity index (χ0v) is 11.5. The van der Waals surface area contributed by atoms with Crippen LogP contribution in [0.2, 0.25) is 0 Å². The number of aliphatic hydroxyl groups excluding tert-OH is 1. The van der Waals surface area contributed by atoms with Crippen LogP contribution in [0.15, 0.2) is 24.3 Å². The number of nitrogens with one attached hydrogen (secondary N) is 1. The molecule has 0 aromatic carbocycles. The fourth-order valence-electron chi connectivity index (χ4n) is 1.55. The Morgan fingerprint density at radius 2 is 1.82 bits per heavy atom. The highest BCUT2D eigenvalue weighted by atomic mass is 16.3. The molecular formula is C15H29NO. The van der Waals surface area contributed by atoms with Crippen molar-refractivity contribution >= 4 is 0 Å². The first-order valence-electron chi connectivity index (χ1n) is 7.01. The second-order valence-corrected chi connectivity index (χ2v) is 4.45. The fourth-order valence-corrected chi connectivity index (χ4v) is 1.55. The zero-order chi connectivity index (χ0) is 12.8. The molecule has 0 aromatic heterocycles. The van der Waals surface area contributed by atoms with Crippen molar-refractivity contribution in [3.05, 3.63) is 24.3 Å². The summed E-state index contributed by atoms with van der Waals surface area (Å²) in [5.74, 6) is 0. The van der Waals surface area contributed by atoms with Gasteiger partial charge in [-0.3, -0.25) is 0 Å². The van der Waals surface area contributed by atoms with Gasteiger partial charge in [0.15, 0.2) is 0 Å². The highest BCUT2D eigenvalue weighted by Gasteiger charge is 2.01. The molecule has 100 valence electrons. The molecule has 0 aliphatic heterocycles. The van der Waals surface area contributed by atoms with E-state index in [0.717, 1.165) is 25.8 Å². The Labute approximate surface area is 107 Å². The van der Waals surface area contributed by atoms with Crippen molar-refractivity contribution in [2.45, 2.75) is 58.5 Å². The van der Waals surface area contributed by atoms with E-state index in [4.69, 9.17) is 0 Å². The van der Waals surface area contributed by atoms with Crippen LogP contribution in [0.5, 0.6) is 0 Å². The van der Waals surface area contributed by atoms with Gasteiger partial charge in [0.2, 0.25) is 0 Å². The molecule has 0 radical (unpaired) electrons. The normalized spacial score (nSPS) is 13.8. The summed E-state index contributed by atoms with van der Waals surface area (Å²) in [6.45, 7) is 5.89. The third-order valence-electron chi connectivity index (χ3n) is 2.62. The highest BCUT2D eigenvalue weighted by molar-refractivity contribution is 5.02. The van der Waals surface area contributed by atoms with E-state index in [0.29, 0.717) is 6.54 Å². The van der Waals surface area contributed by atoms with E-state index in [9.17, 15) is 5.11 Å². The van der Waals surface area contributed by atoms with Crippen LogP contribution in [0.4, 0.5) is 0 Å². The zero-order valence-electron chi connectivity index (χ0n) is 11.5. The molecule has 0 fully saturated rings. The molecule has 1 atom stereocenters. The molecule has 0 rings (SSSR count). The van der Waals surface area contributed by atoms with E-state index in [-0.39, 0.29) is 6.10 Å². The smallest absolute Gasteiger partial charge is 0.0664 e. The Hall–Kier alpha value is -0.600. The van der Waals surface area contributed by atoms with E-state index in [1.165, 1.54) is 19.3 Å². The van der Waals surface area contributed by atoms with Crippen molar-refractivity contribution in [3.8, 4) is 0 Å². The van der Waals surface area contributed by atoms with Crippen molar-refractivity contribution in [1.82, 2.24) is 5.32 Å². The van der Waals surface area contributed by atoms with Gasteiger partial charge < -0.3 is 10.4 Å². The van der Waals surface area contributed by atoms with E-state index in [2.05, 4.69) is 43.5 Å². The van der Waals surface area contributed by atoms with Gasteiger partial charge >= 0.3 is 0 Å². The lowest BCUT2D eigenvalue weighted by Gasteiger charge is -2.09. The van der Waals surface area contributed by atoms with E-state index < -0.39 is 0 Å². The largest absolute Gasteiger partial charge is 0.392 e. The van der Waals surface area contributed by atoms with Gasteiger partial charge in [0.1, 0.15) is 0 Å². The lowest BCUT2D eigenvalue weighted by Crippen LogP contribution is -2.26. The van der Waals surface area contributed by atoms with Crippen molar-refractivity contribution in [3.63, 3.8) is 0 Å². The molecule has 1 unspecified atom stereocenters. The Bertz CT molecular complexity index is 199. The second kappa shape index (κ2) is 13.5. The predicted molar refractivity (Wildman–Crippen MR) is 76.2 cm³/mol. The summed E-state index contributed by atoms with van der Waals surface area (Å²) in [6.07, 6.45) is 15.1. The fraction of sp³-hybridized carbons (Fsp3) is 0.733. The number of allylic oxidation sites excluding steroid dienone is 3. The van der Waals surface area contributed by atoms with Gasteiger partial charge in [0.25, 0.3) is 0 Å². The third kappa shape index (κ3) is 13.3. The molecule has 0 aromatic rings. The number of rotatable bonds is 11. The van der Waals surface area contributed by atoms with E-state index >= 15 is 0 Å². The summed E-state index contributed by atoms with van der Waals surface area (Å²) in [7, 11) is 0. The monoisotopic (exact) mass is 239 g/mol. The number of hydrogen-bond donors (Lipinski definition) is 2. The van der Waals surface area contributed by atoms with Gasteiger partial charge in [0.05, 0.1) is 6.10 Å². The number of hydrogen-bond acceptors (Lipinski definition) is 2. The SMILES string of the molecule is CCC/C=C/C=C/CNCC(O)CCCCC.